The Morgan fingerprint density at radius 1 is 1.30 bits per heavy atom. The van der Waals surface area contributed by atoms with Crippen LogP contribution in [0.3, 0.4) is 0 Å². The summed E-state index contributed by atoms with van der Waals surface area (Å²) in [4.78, 5) is 7.08. The Kier molecular flexibility index (Phi) is 3.50. The van der Waals surface area contributed by atoms with E-state index >= 15 is 0 Å². The van der Waals surface area contributed by atoms with Crippen molar-refractivity contribution in [1.29, 1.82) is 0 Å². The van der Waals surface area contributed by atoms with Gasteiger partial charge in [0.25, 0.3) is 0 Å². The van der Waals surface area contributed by atoms with Crippen molar-refractivity contribution in [2.75, 3.05) is 18.9 Å². The third-order valence-electron chi connectivity index (χ3n) is 6.00. The van der Waals surface area contributed by atoms with Gasteiger partial charge in [0.15, 0.2) is 0 Å². The maximum atomic E-state index is 6.33. The van der Waals surface area contributed by atoms with E-state index in [-0.39, 0.29) is 0 Å². The van der Waals surface area contributed by atoms with E-state index in [0.717, 1.165) is 19.1 Å². The van der Waals surface area contributed by atoms with Crippen LogP contribution >= 0.6 is 11.8 Å². The van der Waals surface area contributed by atoms with Crippen LogP contribution in [0.4, 0.5) is 0 Å². The molecule has 4 rings (SSSR count). The molecular formula is C16H26N2OS. The maximum absolute atomic E-state index is 6.33. The van der Waals surface area contributed by atoms with Crippen LogP contribution in [0.15, 0.2) is 4.99 Å². The van der Waals surface area contributed by atoms with Crippen LogP contribution in [0.5, 0.6) is 0 Å². The number of nitrogens with zero attached hydrogens (tertiary/aromatic N) is 2. The van der Waals surface area contributed by atoms with Crippen LogP contribution in [0.25, 0.3) is 0 Å². The fourth-order valence-electron chi connectivity index (χ4n) is 4.80. The second-order valence-electron chi connectivity index (χ2n) is 7.03. The molecule has 1 saturated carbocycles. The number of ether oxygens (including phenoxy) is 1. The lowest BCUT2D eigenvalue weighted by Crippen LogP contribution is -2.45. The molecule has 2 unspecified atom stereocenters. The fourth-order valence-corrected chi connectivity index (χ4v) is 6.48. The molecule has 0 amide bonds. The normalized spacial score (nSPS) is 44.0. The first-order chi connectivity index (χ1) is 9.79. The fraction of sp³-hybridized carbons (Fsp3) is 0.938. The lowest BCUT2D eigenvalue weighted by atomic mass is 9.86. The molecule has 3 aliphatic heterocycles. The van der Waals surface area contributed by atoms with Gasteiger partial charge in [-0.25, -0.2) is 0 Å². The Hall–Kier alpha value is -0.220. The van der Waals surface area contributed by atoms with Gasteiger partial charge in [0, 0.05) is 4.75 Å². The molecule has 0 spiro atoms. The van der Waals surface area contributed by atoms with E-state index in [9.17, 15) is 0 Å². The number of thioether (sulfide) groups is 1. The smallest absolute Gasteiger partial charge is 0.0857 e. The van der Waals surface area contributed by atoms with E-state index in [4.69, 9.17) is 4.74 Å². The summed E-state index contributed by atoms with van der Waals surface area (Å²) in [5, 5.41) is 0. The average molecular weight is 294 g/mol. The van der Waals surface area contributed by atoms with E-state index in [1.165, 1.54) is 44.3 Å². The van der Waals surface area contributed by atoms with Crippen molar-refractivity contribution in [2.45, 2.75) is 68.4 Å². The number of hydrogen-bond donors (Lipinski definition) is 0. The van der Waals surface area contributed by atoms with Gasteiger partial charge in [-0.05, 0) is 37.9 Å². The Morgan fingerprint density at radius 2 is 2.15 bits per heavy atom. The molecule has 3 heterocycles. The molecule has 4 heteroatoms. The molecule has 2 saturated heterocycles. The lowest BCUT2D eigenvalue weighted by molar-refractivity contribution is 0.00425. The highest BCUT2D eigenvalue weighted by Crippen LogP contribution is 2.55. The van der Waals surface area contributed by atoms with Crippen molar-refractivity contribution in [3.05, 3.63) is 0 Å². The maximum Gasteiger partial charge on any atom is 0.0857 e. The molecule has 0 N–H and O–H groups in total. The van der Waals surface area contributed by atoms with Gasteiger partial charge in [-0.3, -0.25) is 4.99 Å². The first-order valence-electron chi connectivity index (χ1n) is 8.32. The van der Waals surface area contributed by atoms with Gasteiger partial charge in [-0.15, -0.1) is 0 Å². The van der Waals surface area contributed by atoms with Crippen molar-refractivity contribution in [3.63, 3.8) is 0 Å². The quantitative estimate of drug-likeness (QED) is 0.800. The van der Waals surface area contributed by atoms with E-state index < -0.39 is 0 Å². The van der Waals surface area contributed by atoms with Crippen LogP contribution in [0, 0.1) is 5.92 Å². The molecule has 3 fully saturated rings. The van der Waals surface area contributed by atoms with Gasteiger partial charge in [0.2, 0.25) is 0 Å². The monoisotopic (exact) mass is 294 g/mol. The summed E-state index contributed by atoms with van der Waals surface area (Å²) < 4.78 is 6.73. The van der Waals surface area contributed by atoms with Gasteiger partial charge in [-0.1, -0.05) is 19.3 Å². The number of fused-ring (bicyclic) bond motifs is 3. The van der Waals surface area contributed by atoms with Gasteiger partial charge in [0.05, 0.1) is 37.7 Å². The summed E-state index contributed by atoms with van der Waals surface area (Å²) in [6.45, 7) is 4.41. The average Bonchev–Trinajstić information content (AvgIpc) is 3.10. The molecule has 0 aromatic carbocycles. The minimum Gasteiger partial charge on any atom is -0.376 e. The zero-order chi connectivity index (χ0) is 13.6. The second-order valence-corrected chi connectivity index (χ2v) is 8.61. The predicted octanol–water partition coefficient (Wildman–Crippen LogP) is 2.94. The van der Waals surface area contributed by atoms with E-state index in [1.54, 1.807) is 0 Å². The summed E-state index contributed by atoms with van der Waals surface area (Å²) in [5.74, 6) is 2.14. The van der Waals surface area contributed by atoms with Crippen LogP contribution in [-0.2, 0) is 4.74 Å². The van der Waals surface area contributed by atoms with Gasteiger partial charge >= 0.3 is 0 Å². The molecule has 1 aliphatic carbocycles. The molecule has 0 aromatic rings. The highest BCUT2D eigenvalue weighted by atomic mass is 32.2. The standard InChI is InChI=1S/C16H26N2OS/c1-16-13(7-8-20-16)14-9-17-11-18(14)15(16)10-19-12-5-3-2-4-6-12/h11-15H,2-10H2,1H3/t13?,14-,15+,16?/m1/s1. The Balaban J connectivity index is 1.46. The SMILES string of the molecule is CC12SCCC1[C@H]1CN=CN1[C@H]2COC1CCCCC1. The Bertz CT molecular complexity index is 396. The Labute approximate surface area is 126 Å². The van der Waals surface area contributed by atoms with Crippen molar-refractivity contribution in [2.24, 2.45) is 10.9 Å². The third-order valence-corrected chi connectivity index (χ3v) is 7.63. The minimum atomic E-state index is 0.395. The summed E-state index contributed by atoms with van der Waals surface area (Å²) in [6, 6.07) is 1.20. The van der Waals surface area contributed by atoms with Crippen LogP contribution < -0.4 is 0 Å². The molecule has 3 nitrogen and oxygen atoms in total. The van der Waals surface area contributed by atoms with E-state index in [0.29, 0.717) is 22.9 Å². The van der Waals surface area contributed by atoms with Crippen molar-refractivity contribution in [1.82, 2.24) is 4.90 Å². The highest BCUT2D eigenvalue weighted by molar-refractivity contribution is 8.01. The van der Waals surface area contributed by atoms with Crippen molar-refractivity contribution in [3.8, 4) is 0 Å². The number of rotatable bonds is 3. The number of aliphatic imine (C=N–C) groups is 1. The van der Waals surface area contributed by atoms with Gasteiger partial charge in [0.1, 0.15) is 0 Å². The predicted molar refractivity (Wildman–Crippen MR) is 84.6 cm³/mol. The van der Waals surface area contributed by atoms with Gasteiger partial charge < -0.3 is 9.64 Å². The Morgan fingerprint density at radius 3 is 3.00 bits per heavy atom. The molecule has 4 atom stereocenters. The minimum absolute atomic E-state index is 0.395. The second kappa shape index (κ2) is 5.20. The summed E-state index contributed by atoms with van der Waals surface area (Å²) >= 11 is 2.18. The van der Waals surface area contributed by atoms with Crippen molar-refractivity contribution >= 4 is 18.1 Å². The first-order valence-corrected chi connectivity index (χ1v) is 9.30. The molecule has 0 radical (unpaired) electrons. The zero-order valence-electron chi connectivity index (χ0n) is 12.5. The molecule has 20 heavy (non-hydrogen) atoms. The highest BCUT2D eigenvalue weighted by Gasteiger charge is 2.59. The molecule has 0 aromatic heterocycles. The van der Waals surface area contributed by atoms with Crippen LogP contribution in [0.1, 0.15) is 45.4 Å². The largest absolute Gasteiger partial charge is 0.376 e. The molecule has 0 bridgehead atoms. The summed E-state index contributed by atoms with van der Waals surface area (Å²) in [5.41, 5.74) is 0. The van der Waals surface area contributed by atoms with Crippen LogP contribution in [-0.4, -0.2) is 53.1 Å². The van der Waals surface area contributed by atoms with Gasteiger partial charge in [-0.2, -0.15) is 11.8 Å². The first kappa shape index (κ1) is 13.4. The van der Waals surface area contributed by atoms with E-state index in [1.807, 2.05) is 0 Å². The zero-order valence-corrected chi connectivity index (χ0v) is 13.3. The molecular weight excluding hydrogens is 268 g/mol. The summed E-state index contributed by atoms with van der Waals surface area (Å²) in [7, 11) is 0. The van der Waals surface area contributed by atoms with Crippen molar-refractivity contribution < 1.29 is 4.74 Å². The lowest BCUT2D eigenvalue weighted by Gasteiger charge is -2.34. The summed E-state index contributed by atoms with van der Waals surface area (Å²) in [6.07, 6.45) is 10.7. The topological polar surface area (TPSA) is 24.8 Å². The molecule has 4 aliphatic rings. The van der Waals surface area contributed by atoms with Crippen LogP contribution in [0.2, 0.25) is 0 Å². The van der Waals surface area contributed by atoms with E-state index in [2.05, 4.69) is 34.9 Å². The third kappa shape index (κ3) is 2.02. The number of hydrogen-bond acceptors (Lipinski definition) is 4. The molecule has 112 valence electrons.